The normalized spacial score (nSPS) is 10.7. The summed E-state index contributed by atoms with van der Waals surface area (Å²) in [6.07, 6.45) is 3.31. The van der Waals surface area contributed by atoms with Crippen molar-refractivity contribution < 1.29 is 19.0 Å². The van der Waals surface area contributed by atoms with Gasteiger partial charge in [-0.1, -0.05) is 18.2 Å². The number of aryl methyl sites for hydroxylation is 1. The van der Waals surface area contributed by atoms with Crippen molar-refractivity contribution in [1.29, 1.82) is 0 Å². The van der Waals surface area contributed by atoms with E-state index >= 15 is 0 Å². The number of likely N-dealkylation sites (N-methyl/N-ethyl adjacent to an activating group) is 1. The minimum absolute atomic E-state index is 0.0865. The number of hydrogen-bond acceptors (Lipinski definition) is 4. The summed E-state index contributed by atoms with van der Waals surface area (Å²) >= 11 is 0. The highest BCUT2D eigenvalue weighted by Crippen LogP contribution is 2.28. The second-order valence-electron chi connectivity index (χ2n) is 6.10. The highest BCUT2D eigenvalue weighted by Gasteiger charge is 2.07. The predicted molar refractivity (Wildman–Crippen MR) is 108 cm³/mol. The monoisotopic (exact) mass is 369 g/mol. The van der Waals surface area contributed by atoms with Gasteiger partial charge in [0.1, 0.15) is 12.4 Å². The van der Waals surface area contributed by atoms with E-state index in [9.17, 15) is 4.79 Å². The number of ether oxygens (including phenoxy) is 3. The molecule has 0 aliphatic heterocycles. The Kier molecular flexibility index (Phi) is 7.74. The van der Waals surface area contributed by atoms with Crippen LogP contribution in [-0.2, 0) is 4.79 Å². The number of carbonyl (C=O) groups excluding carboxylic acids is 1. The van der Waals surface area contributed by atoms with Crippen LogP contribution in [0.1, 0.15) is 18.1 Å². The van der Waals surface area contributed by atoms with E-state index in [0.29, 0.717) is 31.3 Å². The molecule has 0 atom stereocenters. The number of amides is 1. The molecule has 144 valence electrons. The summed E-state index contributed by atoms with van der Waals surface area (Å²) in [5.41, 5.74) is 2.02. The van der Waals surface area contributed by atoms with E-state index in [1.807, 2.05) is 56.3 Å². The van der Waals surface area contributed by atoms with Gasteiger partial charge in [0.05, 0.1) is 20.3 Å². The third kappa shape index (κ3) is 6.37. The average molecular weight is 369 g/mol. The first kappa shape index (κ1) is 20.4. The van der Waals surface area contributed by atoms with E-state index in [4.69, 9.17) is 14.2 Å². The highest BCUT2D eigenvalue weighted by molar-refractivity contribution is 5.91. The van der Waals surface area contributed by atoms with Gasteiger partial charge in [-0.3, -0.25) is 4.79 Å². The van der Waals surface area contributed by atoms with Crippen molar-refractivity contribution in [2.75, 3.05) is 33.9 Å². The van der Waals surface area contributed by atoms with E-state index in [2.05, 4.69) is 0 Å². The van der Waals surface area contributed by atoms with E-state index in [1.165, 1.54) is 0 Å². The smallest absolute Gasteiger partial charge is 0.246 e. The minimum atomic E-state index is -0.0865. The molecule has 0 aliphatic rings. The zero-order valence-electron chi connectivity index (χ0n) is 16.4. The van der Waals surface area contributed by atoms with Crippen molar-refractivity contribution in [1.82, 2.24) is 4.90 Å². The van der Waals surface area contributed by atoms with Crippen molar-refractivity contribution in [3.63, 3.8) is 0 Å². The molecule has 2 aromatic rings. The van der Waals surface area contributed by atoms with Crippen LogP contribution in [0.15, 0.2) is 48.5 Å². The maximum absolute atomic E-state index is 12.3. The third-order valence-corrected chi connectivity index (χ3v) is 3.97. The van der Waals surface area contributed by atoms with Crippen LogP contribution in [0.3, 0.4) is 0 Å². The summed E-state index contributed by atoms with van der Waals surface area (Å²) in [5, 5.41) is 0. The molecule has 2 aromatic carbocycles. The molecule has 0 fully saturated rings. The van der Waals surface area contributed by atoms with E-state index in [0.717, 1.165) is 16.9 Å². The molecule has 0 saturated heterocycles. The van der Waals surface area contributed by atoms with E-state index < -0.39 is 0 Å². The molecule has 0 aliphatic carbocycles. The molecule has 0 bridgehead atoms. The number of benzene rings is 2. The molecule has 0 heterocycles. The molecule has 1 amide bonds. The lowest BCUT2D eigenvalue weighted by molar-refractivity contribution is -0.125. The number of hydrogen-bond donors (Lipinski definition) is 0. The molecule has 2 rings (SSSR count). The van der Waals surface area contributed by atoms with Gasteiger partial charge < -0.3 is 19.1 Å². The number of carbonyl (C=O) groups is 1. The maximum atomic E-state index is 12.3. The second kappa shape index (κ2) is 10.3. The molecule has 0 radical (unpaired) electrons. The zero-order valence-corrected chi connectivity index (χ0v) is 16.4. The van der Waals surface area contributed by atoms with Crippen LogP contribution in [0, 0.1) is 6.92 Å². The number of nitrogens with zero attached hydrogens (tertiary/aromatic N) is 1. The lowest BCUT2D eigenvalue weighted by Crippen LogP contribution is -2.29. The first-order valence-electron chi connectivity index (χ1n) is 8.97. The summed E-state index contributed by atoms with van der Waals surface area (Å²) in [4.78, 5) is 13.9. The van der Waals surface area contributed by atoms with Crippen LogP contribution >= 0.6 is 0 Å². The topological polar surface area (TPSA) is 48.0 Å². The van der Waals surface area contributed by atoms with Crippen LogP contribution in [0.5, 0.6) is 17.2 Å². The molecule has 0 N–H and O–H groups in total. The number of methoxy groups -OCH3 is 1. The number of rotatable bonds is 9. The van der Waals surface area contributed by atoms with Gasteiger partial charge >= 0.3 is 0 Å². The first-order chi connectivity index (χ1) is 13.0. The van der Waals surface area contributed by atoms with Gasteiger partial charge in [0.15, 0.2) is 11.5 Å². The summed E-state index contributed by atoms with van der Waals surface area (Å²) in [6.45, 7) is 5.43. The van der Waals surface area contributed by atoms with Crippen molar-refractivity contribution >= 4 is 12.0 Å². The Morgan fingerprint density at radius 1 is 1.11 bits per heavy atom. The third-order valence-electron chi connectivity index (χ3n) is 3.97. The Balaban J connectivity index is 1.88. The SMILES string of the molecule is CCOc1cc(/C=C/C(=O)N(C)CCOc2cccc(C)c2)ccc1OC. The maximum Gasteiger partial charge on any atom is 0.246 e. The van der Waals surface area contributed by atoms with Crippen LogP contribution in [0.2, 0.25) is 0 Å². The standard InChI is InChI=1S/C22H27NO4/c1-5-26-21-16-18(9-11-20(21)25-4)10-12-22(24)23(3)13-14-27-19-8-6-7-17(2)15-19/h6-12,15-16H,5,13-14H2,1-4H3/b12-10+. The van der Waals surface area contributed by atoms with Gasteiger partial charge in [-0.2, -0.15) is 0 Å². The second-order valence-corrected chi connectivity index (χ2v) is 6.10. The Morgan fingerprint density at radius 2 is 1.93 bits per heavy atom. The fourth-order valence-electron chi connectivity index (χ4n) is 2.48. The van der Waals surface area contributed by atoms with Crippen molar-refractivity contribution in [2.24, 2.45) is 0 Å². The molecule has 0 unspecified atom stereocenters. The fraction of sp³-hybridized carbons (Fsp3) is 0.318. The predicted octanol–water partition coefficient (Wildman–Crippen LogP) is 3.95. The van der Waals surface area contributed by atoms with E-state index in [-0.39, 0.29) is 5.91 Å². The molecular weight excluding hydrogens is 342 g/mol. The quantitative estimate of drug-likeness (QED) is 0.628. The molecule has 5 heteroatoms. The van der Waals surface area contributed by atoms with Gasteiger partial charge in [0, 0.05) is 13.1 Å². The largest absolute Gasteiger partial charge is 0.493 e. The Bertz CT molecular complexity index is 786. The summed E-state index contributed by atoms with van der Waals surface area (Å²) in [7, 11) is 3.36. The zero-order chi connectivity index (χ0) is 19.6. The van der Waals surface area contributed by atoms with Gasteiger partial charge in [-0.15, -0.1) is 0 Å². The van der Waals surface area contributed by atoms with Gasteiger partial charge in [0.2, 0.25) is 5.91 Å². The minimum Gasteiger partial charge on any atom is -0.493 e. The Hall–Kier alpha value is -2.95. The highest BCUT2D eigenvalue weighted by atomic mass is 16.5. The Morgan fingerprint density at radius 3 is 2.63 bits per heavy atom. The molecule has 5 nitrogen and oxygen atoms in total. The van der Waals surface area contributed by atoms with Gasteiger partial charge in [-0.25, -0.2) is 0 Å². The fourth-order valence-corrected chi connectivity index (χ4v) is 2.48. The molecule has 0 saturated carbocycles. The van der Waals surface area contributed by atoms with Crippen molar-refractivity contribution in [3.05, 3.63) is 59.7 Å². The van der Waals surface area contributed by atoms with Crippen LogP contribution in [0.4, 0.5) is 0 Å². The summed E-state index contributed by atoms with van der Waals surface area (Å²) < 4.78 is 16.5. The lowest BCUT2D eigenvalue weighted by Gasteiger charge is -2.16. The molecule has 27 heavy (non-hydrogen) atoms. The molecule has 0 spiro atoms. The first-order valence-corrected chi connectivity index (χ1v) is 8.97. The van der Waals surface area contributed by atoms with Gasteiger partial charge in [-0.05, 0) is 55.3 Å². The average Bonchev–Trinajstić information content (AvgIpc) is 2.66. The summed E-state index contributed by atoms with van der Waals surface area (Å²) in [5.74, 6) is 2.06. The summed E-state index contributed by atoms with van der Waals surface area (Å²) in [6, 6.07) is 13.4. The molecular formula is C22H27NO4. The van der Waals surface area contributed by atoms with Gasteiger partial charge in [0.25, 0.3) is 0 Å². The van der Waals surface area contributed by atoms with Crippen molar-refractivity contribution in [3.8, 4) is 17.2 Å². The van der Waals surface area contributed by atoms with Crippen LogP contribution < -0.4 is 14.2 Å². The van der Waals surface area contributed by atoms with E-state index in [1.54, 1.807) is 31.2 Å². The lowest BCUT2D eigenvalue weighted by atomic mass is 10.2. The Labute approximate surface area is 161 Å². The molecule has 0 aromatic heterocycles. The van der Waals surface area contributed by atoms with Crippen molar-refractivity contribution in [2.45, 2.75) is 13.8 Å². The van der Waals surface area contributed by atoms with Crippen LogP contribution in [0.25, 0.3) is 6.08 Å². The van der Waals surface area contributed by atoms with Crippen LogP contribution in [-0.4, -0.2) is 44.7 Å².